The molecule has 5 N–H and O–H groups in total. The molecule has 0 bridgehead atoms. The maximum absolute atomic E-state index is 12.5. The van der Waals surface area contributed by atoms with Gasteiger partial charge in [-0.3, -0.25) is 42.9 Å². The first kappa shape index (κ1) is 65.6. The van der Waals surface area contributed by atoms with Gasteiger partial charge in [-0.05, 0) is 12.8 Å². The van der Waals surface area contributed by atoms with E-state index >= 15 is 0 Å². The molecule has 64 heavy (non-hydrogen) atoms. The van der Waals surface area contributed by atoms with Crippen LogP contribution in [0.25, 0.3) is 0 Å². The van der Waals surface area contributed by atoms with Crippen LogP contribution in [0.2, 0.25) is 0 Å². The van der Waals surface area contributed by atoms with Gasteiger partial charge in [0.05, 0.1) is 32.1 Å². The van der Waals surface area contributed by atoms with Crippen LogP contribution in [0.5, 0.6) is 0 Å². The number of hydrogen-bond donors (Lipinski definition) is 5. The molecule has 0 heterocycles. The molecule has 0 radical (unpaired) electrons. The van der Waals surface area contributed by atoms with E-state index in [1.165, 1.54) is 0 Å². The van der Waals surface area contributed by atoms with E-state index in [1.54, 1.807) is 0 Å². The Bertz CT molecular complexity index is 1660. The van der Waals surface area contributed by atoms with Gasteiger partial charge >= 0.3 is 119 Å². The third-order valence-corrected chi connectivity index (χ3v) is 10.5. The molecule has 0 fully saturated rings. The fraction of sp³-hybridized carbons (Fsp3) is 0.750. The molecule has 0 spiro atoms. The van der Waals surface area contributed by atoms with Gasteiger partial charge in [0.2, 0.25) is 0 Å². The van der Waals surface area contributed by atoms with E-state index in [9.17, 15) is 81.3 Å². The summed E-state index contributed by atoms with van der Waals surface area (Å²) in [6, 6.07) is 0. The zero-order valence-electron chi connectivity index (χ0n) is 39.4. The number of carboxylic acids is 2. The molecule has 24 heteroatoms. The Morgan fingerprint density at radius 2 is 0.719 bits per heavy atom. The Morgan fingerprint density at radius 3 is 1.00 bits per heavy atom. The minimum atomic E-state index is -5.71. The topological polar surface area (TPSA) is 343 Å². The summed E-state index contributed by atoms with van der Waals surface area (Å²) in [7, 11) is -5.71. The number of carbonyl (C=O) groups excluding carboxylic acids is 8. The Labute approximate surface area is 420 Å². The van der Waals surface area contributed by atoms with E-state index in [0.717, 1.165) is 89.9 Å². The van der Waals surface area contributed by atoms with Gasteiger partial charge < -0.3 is 42.2 Å². The Morgan fingerprint density at radius 1 is 0.453 bits per heavy atom. The van der Waals surface area contributed by atoms with Crippen molar-refractivity contribution in [1.29, 1.82) is 0 Å². The number of carbonyl (C=O) groups is 10. The SMILES string of the molecule is CCCCCCCCCCCC(=O)OC(=O)CC(O)(CC(=O)OC(=O)CC(C(=O)OC(=O)CC(O)(CC(=O)OC(=O)CCCCCCCCCCC)C(=O)O)S(=O)(=O)O)C(=O)O.[H-].[H-].[Na+].[Na+]. The molecule has 0 rings (SSSR count). The third-order valence-electron chi connectivity index (χ3n) is 9.38. The van der Waals surface area contributed by atoms with E-state index < -0.39 is 118 Å². The van der Waals surface area contributed by atoms with Gasteiger partial charge in [0.25, 0.3) is 10.1 Å². The van der Waals surface area contributed by atoms with Crippen molar-refractivity contribution in [3.05, 3.63) is 0 Å². The van der Waals surface area contributed by atoms with Crippen LogP contribution in [-0.2, 0) is 77.0 Å². The summed E-state index contributed by atoms with van der Waals surface area (Å²) < 4.78 is 50.7. The van der Waals surface area contributed by atoms with Crippen LogP contribution in [0.15, 0.2) is 0 Å². The van der Waals surface area contributed by atoms with Gasteiger partial charge in [-0.1, -0.05) is 117 Å². The summed E-state index contributed by atoms with van der Waals surface area (Å²) in [5, 5.41) is 36.7. The van der Waals surface area contributed by atoms with Crippen LogP contribution < -0.4 is 59.1 Å². The van der Waals surface area contributed by atoms with Gasteiger partial charge in [-0.15, -0.1) is 0 Å². The first-order valence-corrected chi connectivity index (χ1v) is 22.3. The van der Waals surface area contributed by atoms with E-state index in [1.807, 2.05) is 0 Å². The molecule has 3 unspecified atom stereocenters. The fourth-order valence-corrected chi connectivity index (χ4v) is 6.49. The minimum Gasteiger partial charge on any atom is -1.00 e. The number of ether oxygens (including phenoxy) is 4. The van der Waals surface area contributed by atoms with E-state index in [4.69, 9.17) is 0 Å². The Balaban J connectivity index is -0.00000310. The number of unbranched alkanes of at least 4 members (excludes halogenated alkanes) is 16. The van der Waals surface area contributed by atoms with Crippen molar-refractivity contribution in [2.45, 2.75) is 191 Å². The van der Waals surface area contributed by atoms with Crippen LogP contribution in [0.1, 0.15) is 177 Å². The van der Waals surface area contributed by atoms with Crippen molar-refractivity contribution in [3.63, 3.8) is 0 Å². The van der Waals surface area contributed by atoms with Crippen LogP contribution in [-0.4, -0.2) is 110 Å². The van der Waals surface area contributed by atoms with E-state index in [2.05, 4.69) is 32.8 Å². The number of carboxylic acid groups (broad SMARTS) is 2. The summed E-state index contributed by atoms with van der Waals surface area (Å²) in [5.74, 6) is -17.9. The number of esters is 8. The maximum atomic E-state index is 12.5. The average molecular weight is 959 g/mol. The van der Waals surface area contributed by atoms with Gasteiger partial charge in [0.15, 0.2) is 16.5 Å². The number of aliphatic carboxylic acids is 2. The predicted octanol–water partition coefficient (Wildman–Crippen LogP) is -1.82. The molecule has 0 aromatic carbocycles. The normalized spacial score (nSPS) is 13.3. The molecule has 21 nitrogen and oxygen atoms in total. The first-order chi connectivity index (χ1) is 29.0. The van der Waals surface area contributed by atoms with Crippen LogP contribution in [0, 0.1) is 0 Å². The largest absolute Gasteiger partial charge is 1.00 e. The Kier molecular flexibility index (Phi) is 36.4. The minimum absolute atomic E-state index is 0. The standard InChI is InChI=1S/C40H62O21S.2Na.2H/c1-3-5-7-9-11-13-15-17-19-21-29(41)58-32(44)24-39(53,37(49)50)26-34(46)60-31(43)23-28(62(55,56)57)36(48)61-35(47)27-40(54,38(51)52)25-33(45)59-30(42)22-20-18-16-14-12-10-8-6-4-2;;;;/h28,53-54H,3-27H2,1-2H3,(H,49,50)(H,51,52)(H,55,56,57);;;;/q;2*+1;2*-1. The maximum Gasteiger partial charge on any atom is 1.00 e. The molecule has 0 aliphatic heterocycles. The number of hydrogen-bond acceptors (Lipinski definition) is 18. The molecule has 0 aromatic rings. The van der Waals surface area contributed by atoms with Crippen LogP contribution in [0.4, 0.5) is 0 Å². The van der Waals surface area contributed by atoms with E-state index in [-0.39, 0.29) is 74.8 Å². The van der Waals surface area contributed by atoms with Crippen molar-refractivity contribution >= 4 is 69.8 Å². The second-order valence-corrected chi connectivity index (χ2v) is 16.7. The fourth-order valence-electron chi connectivity index (χ4n) is 5.85. The van der Waals surface area contributed by atoms with Gasteiger partial charge in [0, 0.05) is 12.8 Å². The van der Waals surface area contributed by atoms with Crippen molar-refractivity contribution in [1.82, 2.24) is 0 Å². The second-order valence-electron chi connectivity index (χ2n) is 15.1. The number of rotatable bonds is 34. The summed E-state index contributed by atoms with van der Waals surface area (Å²) in [4.78, 5) is 122. The molecule has 0 amide bonds. The average Bonchev–Trinajstić information content (AvgIpc) is 3.14. The van der Waals surface area contributed by atoms with Crippen LogP contribution in [0.3, 0.4) is 0 Å². The smallest absolute Gasteiger partial charge is 1.00 e. The van der Waals surface area contributed by atoms with Gasteiger partial charge in [-0.25, -0.2) is 9.59 Å². The summed E-state index contributed by atoms with van der Waals surface area (Å²) in [6.07, 6.45) is 7.96. The van der Waals surface area contributed by atoms with Crippen LogP contribution >= 0.6 is 0 Å². The molecular formula is C40H64Na2O21S. The molecule has 0 saturated carbocycles. The van der Waals surface area contributed by atoms with Crippen molar-refractivity contribution < 1.29 is 162 Å². The molecule has 0 saturated heterocycles. The zero-order chi connectivity index (χ0) is 47.4. The zero-order valence-corrected chi connectivity index (χ0v) is 42.2. The van der Waals surface area contributed by atoms with Crippen molar-refractivity contribution in [3.8, 4) is 0 Å². The van der Waals surface area contributed by atoms with Crippen molar-refractivity contribution in [2.24, 2.45) is 0 Å². The Hall–Kier alpha value is -2.67. The molecule has 0 aromatic heterocycles. The quantitative estimate of drug-likeness (QED) is 0.0118. The molecule has 0 aliphatic rings. The van der Waals surface area contributed by atoms with Crippen molar-refractivity contribution in [2.75, 3.05) is 0 Å². The third kappa shape index (κ3) is 30.5. The monoisotopic (exact) mass is 958 g/mol. The molecular weight excluding hydrogens is 894 g/mol. The summed E-state index contributed by atoms with van der Waals surface area (Å²) in [5.41, 5.74) is -6.70. The first-order valence-electron chi connectivity index (χ1n) is 20.8. The van der Waals surface area contributed by atoms with E-state index in [0.29, 0.717) is 25.7 Å². The molecule has 3 atom stereocenters. The van der Waals surface area contributed by atoms with Gasteiger partial charge in [0.1, 0.15) is 0 Å². The molecule has 358 valence electrons. The van der Waals surface area contributed by atoms with Gasteiger partial charge in [-0.2, -0.15) is 8.42 Å². The predicted molar refractivity (Wildman–Crippen MR) is 214 cm³/mol. The second kappa shape index (κ2) is 35.5. The number of aliphatic hydroxyl groups is 2. The molecule has 0 aliphatic carbocycles. The summed E-state index contributed by atoms with van der Waals surface area (Å²) >= 11 is 0. The summed E-state index contributed by atoms with van der Waals surface area (Å²) in [6.45, 7) is 4.21.